The van der Waals surface area contributed by atoms with Gasteiger partial charge in [-0.05, 0) is 31.2 Å². The Hall–Kier alpha value is -2.76. The third-order valence-electron chi connectivity index (χ3n) is 2.73. The van der Waals surface area contributed by atoms with Gasteiger partial charge in [-0.3, -0.25) is 4.79 Å². The number of carbonyl (C=O) groups excluding carboxylic acids is 1. The highest BCUT2D eigenvalue weighted by molar-refractivity contribution is 5.94. The zero-order valence-corrected chi connectivity index (χ0v) is 11.2. The minimum absolute atomic E-state index is 0.0000217. The molecule has 0 aliphatic rings. The van der Waals surface area contributed by atoms with Crippen molar-refractivity contribution in [1.82, 2.24) is 4.98 Å². The third kappa shape index (κ3) is 3.62. The molecule has 5 nitrogen and oxygen atoms in total. The van der Waals surface area contributed by atoms with Gasteiger partial charge in [0.1, 0.15) is 23.9 Å². The van der Waals surface area contributed by atoms with E-state index in [0.29, 0.717) is 5.69 Å². The smallest absolute Gasteiger partial charge is 0.354 e. The number of ketones is 1. The maximum Gasteiger partial charge on any atom is 0.354 e. The summed E-state index contributed by atoms with van der Waals surface area (Å²) in [7, 11) is 0. The van der Waals surface area contributed by atoms with E-state index in [-0.39, 0.29) is 29.4 Å². The average Bonchev–Trinajstić information content (AvgIpc) is 2.45. The summed E-state index contributed by atoms with van der Waals surface area (Å²) < 4.78 is 18.9. The van der Waals surface area contributed by atoms with Crippen LogP contribution in [0, 0.1) is 5.82 Å². The Labute approximate surface area is 120 Å². The van der Waals surface area contributed by atoms with Crippen LogP contribution in [-0.2, 0) is 6.61 Å². The number of halogens is 1. The molecule has 0 fully saturated rings. The van der Waals surface area contributed by atoms with Crippen LogP contribution in [0.4, 0.5) is 4.39 Å². The average molecular weight is 289 g/mol. The van der Waals surface area contributed by atoms with Gasteiger partial charge in [-0.2, -0.15) is 0 Å². The first-order chi connectivity index (χ1) is 9.97. The van der Waals surface area contributed by atoms with Crippen molar-refractivity contribution in [2.75, 3.05) is 0 Å². The summed E-state index contributed by atoms with van der Waals surface area (Å²) >= 11 is 0. The van der Waals surface area contributed by atoms with Crippen molar-refractivity contribution in [3.63, 3.8) is 0 Å². The maximum absolute atomic E-state index is 13.6. The van der Waals surface area contributed by atoms with Crippen LogP contribution in [-0.4, -0.2) is 21.8 Å². The quantitative estimate of drug-likeness (QED) is 0.856. The van der Waals surface area contributed by atoms with Crippen LogP contribution >= 0.6 is 0 Å². The summed E-state index contributed by atoms with van der Waals surface area (Å²) in [5.41, 5.74) is 0.313. The van der Waals surface area contributed by atoms with E-state index in [1.807, 2.05) is 0 Å². The molecule has 0 bridgehead atoms. The first-order valence-corrected chi connectivity index (χ1v) is 6.10. The number of aromatic carboxylic acids is 1. The van der Waals surface area contributed by atoms with Crippen LogP contribution in [0.2, 0.25) is 0 Å². The Morgan fingerprint density at radius 2 is 2.05 bits per heavy atom. The second-order valence-corrected chi connectivity index (χ2v) is 4.31. The fourth-order valence-corrected chi connectivity index (χ4v) is 1.71. The number of carboxylic acids is 1. The minimum Gasteiger partial charge on any atom is -0.487 e. The van der Waals surface area contributed by atoms with Gasteiger partial charge in [0.15, 0.2) is 5.78 Å². The van der Waals surface area contributed by atoms with Crippen molar-refractivity contribution < 1.29 is 23.8 Å². The predicted octanol–water partition coefficient (Wildman–Crippen LogP) is 2.70. The summed E-state index contributed by atoms with van der Waals surface area (Å²) in [5, 5.41) is 8.83. The first kappa shape index (κ1) is 14.6. The van der Waals surface area contributed by atoms with E-state index >= 15 is 0 Å². The van der Waals surface area contributed by atoms with Gasteiger partial charge in [0.25, 0.3) is 0 Å². The summed E-state index contributed by atoms with van der Waals surface area (Å²) in [6.45, 7) is 1.28. The summed E-state index contributed by atoms with van der Waals surface area (Å²) in [4.78, 5) is 25.8. The third-order valence-corrected chi connectivity index (χ3v) is 2.73. The molecule has 0 radical (unpaired) electrons. The van der Waals surface area contributed by atoms with E-state index in [0.717, 1.165) is 6.07 Å². The van der Waals surface area contributed by atoms with Gasteiger partial charge in [0.05, 0.1) is 11.3 Å². The van der Waals surface area contributed by atoms with Gasteiger partial charge >= 0.3 is 5.97 Å². The van der Waals surface area contributed by atoms with Crippen molar-refractivity contribution in [2.24, 2.45) is 0 Å². The molecular weight excluding hydrogens is 277 g/mol. The predicted molar refractivity (Wildman–Crippen MR) is 71.9 cm³/mol. The fraction of sp³-hybridized carbons (Fsp3) is 0.133. The fourth-order valence-electron chi connectivity index (χ4n) is 1.71. The molecule has 0 saturated carbocycles. The first-order valence-electron chi connectivity index (χ1n) is 6.10. The number of Topliss-reactive ketones (excluding diaryl/α,β-unsaturated/α-hetero) is 1. The maximum atomic E-state index is 13.6. The molecule has 2 aromatic rings. The lowest BCUT2D eigenvalue weighted by molar-refractivity contribution is 0.0689. The van der Waals surface area contributed by atoms with Crippen LogP contribution in [0.5, 0.6) is 5.75 Å². The van der Waals surface area contributed by atoms with Crippen LogP contribution in [0.1, 0.15) is 33.5 Å². The Bertz CT molecular complexity index is 700. The molecule has 1 aromatic heterocycles. The number of carboxylic acid groups (broad SMARTS) is 1. The molecule has 21 heavy (non-hydrogen) atoms. The highest BCUT2D eigenvalue weighted by Gasteiger charge is 2.09. The Kier molecular flexibility index (Phi) is 4.27. The summed E-state index contributed by atoms with van der Waals surface area (Å²) in [5.74, 6) is -1.92. The van der Waals surface area contributed by atoms with Gasteiger partial charge in [-0.25, -0.2) is 14.2 Å². The molecule has 0 atom stereocenters. The monoisotopic (exact) mass is 289 g/mol. The van der Waals surface area contributed by atoms with Crippen molar-refractivity contribution >= 4 is 11.8 Å². The van der Waals surface area contributed by atoms with Crippen LogP contribution in [0.25, 0.3) is 0 Å². The zero-order valence-electron chi connectivity index (χ0n) is 11.2. The number of aromatic nitrogens is 1. The second kappa shape index (κ2) is 6.13. The van der Waals surface area contributed by atoms with Crippen LogP contribution in [0.3, 0.4) is 0 Å². The molecule has 1 aromatic carbocycles. The Morgan fingerprint density at radius 3 is 2.67 bits per heavy atom. The highest BCUT2D eigenvalue weighted by atomic mass is 19.1. The standard InChI is InChI=1S/C15H12FNO4/c1-9(18)12-6-5-11(7-13(12)16)21-8-10-3-2-4-14(17-10)15(19)20/h2-7H,8H2,1H3,(H,19,20). The number of rotatable bonds is 5. The minimum atomic E-state index is -1.13. The molecule has 0 spiro atoms. The second-order valence-electron chi connectivity index (χ2n) is 4.31. The van der Waals surface area contributed by atoms with Crippen molar-refractivity contribution in [1.29, 1.82) is 0 Å². The van der Waals surface area contributed by atoms with Crippen LogP contribution < -0.4 is 4.74 Å². The molecule has 2 rings (SSSR count). The molecular formula is C15H12FNO4. The molecule has 0 unspecified atom stereocenters. The van der Waals surface area contributed by atoms with E-state index in [9.17, 15) is 14.0 Å². The molecule has 0 aliphatic carbocycles. The lowest BCUT2D eigenvalue weighted by Crippen LogP contribution is -2.05. The molecule has 0 aliphatic heterocycles. The number of nitrogens with zero attached hydrogens (tertiary/aromatic N) is 1. The van der Waals surface area contributed by atoms with E-state index in [1.54, 1.807) is 12.1 Å². The topological polar surface area (TPSA) is 76.5 Å². The van der Waals surface area contributed by atoms with Gasteiger partial charge in [0.2, 0.25) is 0 Å². The van der Waals surface area contributed by atoms with Crippen molar-refractivity contribution in [3.05, 3.63) is 59.2 Å². The Balaban J connectivity index is 2.10. The Morgan fingerprint density at radius 1 is 1.29 bits per heavy atom. The van der Waals surface area contributed by atoms with Gasteiger partial charge in [0, 0.05) is 6.07 Å². The van der Waals surface area contributed by atoms with E-state index in [1.165, 1.54) is 25.1 Å². The van der Waals surface area contributed by atoms with Gasteiger partial charge in [-0.1, -0.05) is 6.07 Å². The van der Waals surface area contributed by atoms with E-state index in [4.69, 9.17) is 9.84 Å². The molecule has 0 saturated heterocycles. The largest absolute Gasteiger partial charge is 0.487 e. The van der Waals surface area contributed by atoms with Crippen molar-refractivity contribution in [2.45, 2.75) is 13.5 Å². The molecule has 1 N–H and O–H groups in total. The lowest BCUT2D eigenvalue weighted by Gasteiger charge is -2.07. The van der Waals surface area contributed by atoms with Gasteiger partial charge in [-0.15, -0.1) is 0 Å². The SMILES string of the molecule is CC(=O)c1ccc(OCc2cccc(C(=O)O)n2)cc1F. The van der Waals surface area contributed by atoms with E-state index < -0.39 is 11.8 Å². The van der Waals surface area contributed by atoms with E-state index in [2.05, 4.69) is 4.98 Å². The number of ether oxygens (including phenoxy) is 1. The number of pyridine rings is 1. The van der Waals surface area contributed by atoms with Gasteiger partial charge < -0.3 is 9.84 Å². The number of carbonyl (C=O) groups is 2. The normalized spacial score (nSPS) is 10.2. The zero-order chi connectivity index (χ0) is 15.4. The molecule has 1 heterocycles. The summed E-state index contributed by atoms with van der Waals surface area (Å²) in [6, 6.07) is 8.45. The summed E-state index contributed by atoms with van der Waals surface area (Å²) in [6.07, 6.45) is 0. The number of hydrogen-bond acceptors (Lipinski definition) is 4. The molecule has 6 heteroatoms. The van der Waals surface area contributed by atoms with Crippen molar-refractivity contribution in [3.8, 4) is 5.75 Å². The molecule has 108 valence electrons. The lowest BCUT2D eigenvalue weighted by atomic mass is 10.1. The number of hydrogen-bond donors (Lipinski definition) is 1. The highest BCUT2D eigenvalue weighted by Crippen LogP contribution is 2.18. The van der Waals surface area contributed by atoms with Crippen LogP contribution in [0.15, 0.2) is 36.4 Å². The number of benzene rings is 1. The molecule has 0 amide bonds.